The number of benzene rings is 1. The zero-order chi connectivity index (χ0) is 13.1. The zero-order valence-electron chi connectivity index (χ0n) is 11.4. The van der Waals surface area contributed by atoms with Crippen molar-refractivity contribution in [2.24, 2.45) is 5.92 Å². The van der Waals surface area contributed by atoms with Crippen molar-refractivity contribution in [2.45, 2.75) is 45.2 Å². The summed E-state index contributed by atoms with van der Waals surface area (Å²) < 4.78 is 6.29. The quantitative estimate of drug-likeness (QED) is 0.846. The Kier molecular flexibility index (Phi) is 4.68. The van der Waals surface area contributed by atoms with Crippen LogP contribution in [0.3, 0.4) is 0 Å². The molecule has 100 valence electrons. The van der Waals surface area contributed by atoms with Crippen LogP contribution in [0.25, 0.3) is 0 Å². The largest absolute Gasteiger partial charge is 0.496 e. The van der Waals surface area contributed by atoms with E-state index in [0.29, 0.717) is 12.1 Å². The summed E-state index contributed by atoms with van der Waals surface area (Å²) in [7, 11) is 1.70. The maximum Gasteiger partial charge on any atom is 0.133 e. The third-order valence-corrected chi connectivity index (χ3v) is 4.39. The van der Waals surface area contributed by atoms with E-state index in [4.69, 9.17) is 4.74 Å². The molecule has 0 aromatic heterocycles. The lowest BCUT2D eigenvalue weighted by Crippen LogP contribution is -2.32. The molecule has 1 N–H and O–H groups in total. The van der Waals surface area contributed by atoms with E-state index in [1.165, 1.54) is 24.8 Å². The van der Waals surface area contributed by atoms with Gasteiger partial charge in [-0.05, 0) is 65.7 Å². The molecule has 1 fully saturated rings. The van der Waals surface area contributed by atoms with Crippen LogP contribution >= 0.6 is 15.9 Å². The molecule has 2 unspecified atom stereocenters. The molecular weight excluding hydrogens is 290 g/mol. The molecule has 0 radical (unpaired) electrons. The first-order chi connectivity index (χ1) is 8.65. The van der Waals surface area contributed by atoms with E-state index >= 15 is 0 Å². The molecule has 0 amide bonds. The first-order valence-corrected chi connectivity index (χ1v) is 7.54. The molecule has 2 nitrogen and oxygen atoms in total. The minimum absolute atomic E-state index is 0.387. The highest BCUT2D eigenvalue weighted by molar-refractivity contribution is 9.10. The highest BCUT2D eigenvalue weighted by atomic mass is 79.9. The Balaban J connectivity index is 2.03. The molecule has 1 aromatic rings. The lowest BCUT2D eigenvalue weighted by molar-refractivity contribution is 0.401. The molecule has 1 aromatic carbocycles. The summed E-state index contributed by atoms with van der Waals surface area (Å²) in [5.41, 5.74) is 1.31. The molecule has 18 heavy (non-hydrogen) atoms. The van der Waals surface area contributed by atoms with Crippen molar-refractivity contribution in [3.8, 4) is 5.75 Å². The Morgan fingerprint density at radius 1 is 1.44 bits per heavy atom. The van der Waals surface area contributed by atoms with Crippen LogP contribution in [0.15, 0.2) is 22.7 Å². The maximum atomic E-state index is 5.26. The number of rotatable bonds is 6. The van der Waals surface area contributed by atoms with Crippen molar-refractivity contribution < 1.29 is 4.74 Å². The molecule has 3 heteroatoms. The lowest BCUT2D eigenvalue weighted by Gasteiger charge is -2.23. The fourth-order valence-electron chi connectivity index (χ4n) is 2.46. The number of ether oxygens (including phenoxy) is 1. The number of hydrogen-bond donors (Lipinski definition) is 1. The Bertz CT molecular complexity index is 403. The van der Waals surface area contributed by atoms with Gasteiger partial charge in [-0.2, -0.15) is 0 Å². The molecule has 0 spiro atoms. The van der Waals surface area contributed by atoms with E-state index < -0.39 is 0 Å². The van der Waals surface area contributed by atoms with E-state index in [9.17, 15) is 0 Å². The summed E-state index contributed by atoms with van der Waals surface area (Å²) in [6, 6.07) is 7.37. The standard InChI is InChI=1S/C15H22BrNO/c1-4-14(11-5-6-11)17-10(2)12-7-8-15(18-3)13(16)9-12/h7-11,14,17H,4-6H2,1-3H3. The second kappa shape index (κ2) is 6.07. The fourth-order valence-corrected chi connectivity index (χ4v) is 3.01. The highest BCUT2D eigenvalue weighted by Gasteiger charge is 2.30. The molecule has 0 heterocycles. The van der Waals surface area contributed by atoms with Gasteiger partial charge in [0.05, 0.1) is 11.6 Å². The minimum Gasteiger partial charge on any atom is -0.496 e. The predicted octanol–water partition coefficient (Wildman–Crippen LogP) is 4.30. The average molecular weight is 312 g/mol. The van der Waals surface area contributed by atoms with E-state index in [-0.39, 0.29) is 0 Å². The topological polar surface area (TPSA) is 21.3 Å². The fraction of sp³-hybridized carbons (Fsp3) is 0.600. The van der Waals surface area contributed by atoms with Crippen LogP contribution in [-0.2, 0) is 0 Å². The Labute approximate surface area is 118 Å². The van der Waals surface area contributed by atoms with Gasteiger partial charge < -0.3 is 10.1 Å². The van der Waals surface area contributed by atoms with Crippen LogP contribution in [0.2, 0.25) is 0 Å². The first kappa shape index (κ1) is 13.9. The second-order valence-electron chi connectivity index (χ2n) is 5.13. The molecule has 0 saturated heterocycles. The summed E-state index contributed by atoms with van der Waals surface area (Å²) in [6.07, 6.45) is 4.00. The molecule has 1 aliphatic rings. The number of methoxy groups -OCH3 is 1. The summed E-state index contributed by atoms with van der Waals surface area (Å²) in [4.78, 5) is 0. The second-order valence-corrected chi connectivity index (χ2v) is 5.99. The zero-order valence-corrected chi connectivity index (χ0v) is 13.0. The van der Waals surface area contributed by atoms with Crippen molar-refractivity contribution in [2.75, 3.05) is 7.11 Å². The normalized spacial score (nSPS) is 18.4. The first-order valence-electron chi connectivity index (χ1n) is 6.75. The predicted molar refractivity (Wildman–Crippen MR) is 79.0 cm³/mol. The van der Waals surface area contributed by atoms with Crippen LogP contribution < -0.4 is 10.1 Å². The van der Waals surface area contributed by atoms with E-state index in [1.54, 1.807) is 7.11 Å². The van der Waals surface area contributed by atoms with Crippen molar-refractivity contribution in [3.05, 3.63) is 28.2 Å². The molecule has 2 atom stereocenters. The van der Waals surface area contributed by atoms with Gasteiger partial charge in [-0.1, -0.05) is 13.0 Å². The summed E-state index contributed by atoms with van der Waals surface area (Å²) in [5, 5.41) is 3.75. The Morgan fingerprint density at radius 3 is 2.67 bits per heavy atom. The Morgan fingerprint density at radius 2 is 2.17 bits per heavy atom. The number of nitrogens with one attached hydrogen (secondary N) is 1. The van der Waals surface area contributed by atoms with E-state index in [2.05, 4.69) is 47.2 Å². The van der Waals surface area contributed by atoms with E-state index in [1.807, 2.05) is 6.07 Å². The third kappa shape index (κ3) is 3.27. The monoisotopic (exact) mass is 311 g/mol. The summed E-state index contributed by atoms with van der Waals surface area (Å²) >= 11 is 3.55. The van der Waals surface area contributed by atoms with E-state index in [0.717, 1.165) is 16.1 Å². The minimum atomic E-state index is 0.387. The van der Waals surface area contributed by atoms with Gasteiger partial charge in [0.2, 0.25) is 0 Å². The van der Waals surface area contributed by atoms with Gasteiger partial charge in [-0.15, -0.1) is 0 Å². The maximum absolute atomic E-state index is 5.26. The number of hydrogen-bond acceptors (Lipinski definition) is 2. The van der Waals surface area contributed by atoms with Crippen molar-refractivity contribution in [3.63, 3.8) is 0 Å². The highest BCUT2D eigenvalue weighted by Crippen LogP contribution is 2.35. The van der Waals surface area contributed by atoms with Crippen LogP contribution in [0.4, 0.5) is 0 Å². The van der Waals surface area contributed by atoms with Crippen LogP contribution in [0.1, 0.15) is 44.7 Å². The SMILES string of the molecule is CCC(NC(C)c1ccc(OC)c(Br)c1)C1CC1. The van der Waals surface area contributed by atoms with Crippen molar-refractivity contribution in [1.82, 2.24) is 5.32 Å². The van der Waals surface area contributed by atoms with Crippen LogP contribution in [0.5, 0.6) is 5.75 Å². The smallest absolute Gasteiger partial charge is 0.133 e. The Hall–Kier alpha value is -0.540. The molecule has 0 aliphatic heterocycles. The molecule has 0 bridgehead atoms. The van der Waals surface area contributed by atoms with Gasteiger partial charge in [0.1, 0.15) is 5.75 Å². The van der Waals surface area contributed by atoms with Gasteiger partial charge >= 0.3 is 0 Å². The molecular formula is C15H22BrNO. The summed E-state index contributed by atoms with van der Waals surface area (Å²) in [6.45, 7) is 4.51. The molecule has 2 rings (SSSR count). The molecule has 1 saturated carbocycles. The van der Waals surface area contributed by atoms with Gasteiger partial charge in [0.15, 0.2) is 0 Å². The third-order valence-electron chi connectivity index (χ3n) is 3.77. The van der Waals surface area contributed by atoms with Crippen LogP contribution in [-0.4, -0.2) is 13.2 Å². The van der Waals surface area contributed by atoms with Crippen molar-refractivity contribution in [1.29, 1.82) is 0 Å². The van der Waals surface area contributed by atoms with Gasteiger partial charge in [-0.3, -0.25) is 0 Å². The lowest BCUT2D eigenvalue weighted by atomic mass is 10.0. The number of halogens is 1. The van der Waals surface area contributed by atoms with Gasteiger partial charge in [0.25, 0.3) is 0 Å². The molecule has 1 aliphatic carbocycles. The van der Waals surface area contributed by atoms with Crippen molar-refractivity contribution >= 4 is 15.9 Å². The summed E-state index contributed by atoms with van der Waals surface area (Å²) in [5.74, 6) is 1.79. The van der Waals surface area contributed by atoms with Gasteiger partial charge in [0, 0.05) is 12.1 Å². The van der Waals surface area contributed by atoms with Gasteiger partial charge in [-0.25, -0.2) is 0 Å². The van der Waals surface area contributed by atoms with Crippen LogP contribution in [0, 0.1) is 5.92 Å². The average Bonchev–Trinajstić information content (AvgIpc) is 3.19.